The summed E-state index contributed by atoms with van der Waals surface area (Å²) in [4.78, 5) is 0. The molecule has 12 heavy (non-hydrogen) atoms. The Labute approximate surface area is 83.7 Å². The third-order valence-corrected chi connectivity index (χ3v) is 1.76. The van der Waals surface area contributed by atoms with Crippen molar-refractivity contribution in [1.82, 2.24) is 5.32 Å². The monoisotopic (exact) mass is 193 g/mol. The standard InChI is InChI=1S/C10H23N.ClH/c1-5-6-8-11-9-7-10(2,3)4;/h11H,5-9H2,1-4H3;1H. The summed E-state index contributed by atoms with van der Waals surface area (Å²) in [5.74, 6) is 0. The van der Waals surface area contributed by atoms with E-state index in [1.54, 1.807) is 0 Å². The molecule has 0 aromatic carbocycles. The first-order valence-electron chi connectivity index (χ1n) is 4.77. The highest BCUT2D eigenvalue weighted by molar-refractivity contribution is 5.85. The molecule has 1 N–H and O–H groups in total. The van der Waals surface area contributed by atoms with E-state index < -0.39 is 0 Å². The molecule has 0 bridgehead atoms. The van der Waals surface area contributed by atoms with E-state index in [0.717, 1.165) is 0 Å². The number of nitrogens with one attached hydrogen (secondary N) is 1. The van der Waals surface area contributed by atoms with E-state index in [4.69, 9.17) is 0 Å². The number of unbranched alkanes of at least 4 members (excludes halogenated alkanes) is 1. The lowest BCUT2D eigenvalue weighted by atomic mass is 9.92. The molecule has 0 amide bonds. The maximum absolute atomic E-state index is 3.44. The molecule has 0 aromatic heterocycles. The van der Waals surface area contributed by atoms with Gasteiger partial charge in [0.2, 0.25) is 0 Å². The Kier molecular flexibility index (Phi) is 9.69. The largest absolute Gasteiger partial charge is 0.317 e. The number of halogens is 1. The molecule has 0 radical (unpaired) electrons. The lowest BCUT2D eigenvalue weighted by Gasteiger charge is -2.17. The van der Waals surface area contributed by atoms with Gasteiger partial charge in [-0.15, -0.1) is 12.4 Å². The quantitative estimate of drug-likeness (QED) is 0.662. The van der Waals surface area contributed by atoms with Gasteiger partial charge in [0.25, 0.3) is 0 Å². The summed E-state index contributed by atoms with van der Waals surface area (Å²) in [6, 6.07) is 0. The molecule has 0 fully saturated rings. The van der Waals surface area contributed by atoms with E-state index in [1.807, 2.05) is 0 Å². The van der Waals surface area contributed by atoms with E-state index in [9.17, 15) is 0 Å². The molecule has 2 heteroatoms. The second-order valence-electron chi connectivity index (χ2n) is 4.41. The zero-order valence-electron chi connectivity index (χ0n) is 8.94. The van der Waals surface area contributed by atoms with E-state index in [2.05, 4.69) is 33.0 Å². The zero-order valence-corrected chi connectivity index (χ0v) is 9.76. The third kappa shape index (κ3) is 12.9. The molecular weight excluding hydrogens is 170 g/mol. The van der Waals surface area contributed by atoms with E-state index in [1.165, 1.54) is 32.4 Å². The Bertz CT molecular complexity index is 86.3. The first-order valence-corrected chi connectivity index (χ1v) is 4.77. The van der Waals surface area contributed by atoms with Crippen LogP contribution in [0, 0.1) is 5.41 Å². The van der Waals surface area contributed by atoms with Crippen LogP contribution >= 0.6 is 12.4 Å². The molecular formula is C10H24ClN. The van der Waals surface area contributed by atoms with Gasteiger partial charge in [0.1, 0.15) is 0 Å². The molecule has 0 rings (SSSR count). The van der Waals surface area contributed by atoms with Gasteiger partial charge in [-0.2, -0.15) is 0 Å². The Balaban J connectivity index is 0. The van der Waals surface area contributed by atoms with Crippen LogP contribution in [0.1, 0.15) is 47.0 Å². The Hall–Kier alpha value is 0.250. The maximum atomic E-state index is 3.44. The van der Waals surface area contributed by atoms with Crippen LogP contribution in [0.2, 0.25) is 0 Å². The van der Waals surface area contributed by atoms with Gasteiger partial charge in [-0.05, 0) is 31.3 Å². The van der Waals surface area contributed by atoms with E-state index in [0.29, 0.717) is 5.41 Å². The number of hydrogen-bond donors (Lipinski definition) is 1. The summed E-state index contributed by atoms with van der Waals surface area (Å²) >= 11 is 0. The van der Waals surface area contributed by atoms with Crippen LogP contribution in [-0.2, 0) is 0 Å². The normalized spacial score (nSPS) is 11.0. The molecule has 0 aromatic rings. The molecule has 0 aliphatic rings. The fourth-order valence-corrected chi connectivity index (χ4v) is 0.890. The molecule has 0 heterocycles. The van der Waals surface area contributed by atoms with Crippen molar-refractivity contribution in [3.8, 4) is 0 Å². The molecule has 0 saturated carbocycles. The average Bonchev–Trinajstić information content (AvgIpc) is 1.85. The summed E-state index contributed by atoms with van der Waals surface area (Å²) in [5, 5.41) is 3.44. The summed E-state index contributed by atoms with van der Waals surface area (Å²) in [5.41, 5.74) is 0.485. The van der Waals surface area contributed by atoms with Gasteiger partial charge in [-0.3, -0.25) is 0 Å². The molecule has 0 saturated heterocycles. The second-order valence-corrected chi connectivity index (χ2v) is 4.41. The predicted molar refractivity (Wildman–Crippen MR) is 59.1 cm³/mol. The van der Waals surface area contributed by atoms with Crippen LogP contribution in [0.4, 0.5) is 0 Å². The van der Waals surface area contributed by atoms with Crippen molar-refractivity contribution < 1.29 is 0 Å². The lowest BCUT2D eigenvalue weighted by molar-refractivity contribution is 0.366. The summed E-state index contributed by atoms with van der Waals surface area (Å²) in [6.45, 7) is 11.4. The Morgan fingerprint density at radius 3 is 2.08 bits per heavy atom. The Morgan fingerprint density at radius 1 is 1.08 bits per heavy atom. The van der Waals surface area contributed by atoms with Crippen molar-refractivity contribution >= 4 is 12.4 Å². The Morgan fingerprint density at radius 2 is 1.67 bits per heavy atom. The zero-order chi connectivity index (χ0) is 8.74. The molecule has 0 aliphatic heterocycles. The molecule has 0 spiro atoms. The van der Waals surface area contributed by atoms with Crippen LogP contribution in [0.5, 0.6) is 0 Å². The van der Waals surface area contributed by atoms with Gasteiger partial charge in [-0.1, -0.05) is 34.1 Å². The highest BCUT2D eigenvalue weighted by Crippen LogP contribution is 2.16. The van der Waals surface area contributed by atoms with Crippen molar-refractivity contribution in [3.63, 3.8) is 0 Å². The fourth-order valence-electron chi connectivity index (χ4n) is 0.890. The van der Waals surface area contributed by atoms with Gasteiger partial charge in [-0.25, -0.2) is 0 Å². The van der Waals surface area contributed by atoms with Crippen molar-refractivity contribution in [2.45, 2.75) is 47.0 Å². The first-order chi connectivity index (χ1) is 5.06. The van der Waals surface area contributed by atoms with E-state index >= 15 is 0 Å². The van der Waals surface area contributed by atoms with Gasteiger partial charge in [0, 0.05) is 0 Å². The van der Waals surface area contributed by atoms with Gasteiger partial charge < -0.3 is 5.32 Å². The molecule has 0 atom stereocenters. The molecule has 1 nitrogen and oxygen atoms in total. The first kappa shape index (κ1) is 14.8. The number of rotatable bonds is 5. The maximum Gasteiger partial charge on any atom is -0.00439 e. The number of hydrogen-bond acceptors (Lipinski definition) is 1. The van der Waals surface area contributed by atoms with Crippen molar-refractivity contribution in [2.24, 2.45) is 5.41 Å². The lowest BCUT2D eigenvalue weighted by Crippen LogP contribution is -2.21. The predicted octanol–water partition coefficient (Wildman–Crippen LogP) is 3.23. The van der Waals surface area contributed by atoms with Crippen LogP contribution in [0.3, 0.4) is 0 Å². The highest BCUT2D eigenvalue weighted by Gasteiger charge is 2.07. The summed E-state index contributed by atoms with van der Waals surface area (Å²) in [6.07, 6.45) is 3.88. The minimum Gasteiger partial charge on any atom is -0.317 e. The summed E-state index contributed by atoms with van der Waals surface area (Å²) in [7, 11) is 0. The van der Waals surface area contributed by atoms with Crippen molar-refractivity contribution in [1.29, 1.82) is 0 Å². The highest BCUT2D eigenvalue weighted by atomic mass is 35.5. The summed E-state index contributed by atoms with van der Waals surface area (Å²) < 4.78 is 0. The smallest absolute Gasteiger partial charge is 0.00439 e. The van der Waals surface area contributed by atoms with Crippen molar-refractivity contribution in [3.05, 3.63) is 0 Å². The van der Waals surface area contributed by atoms with E-state index in [-0.39, 0.29) is 12.4 Å². The topological polar surface area (TPSA) is 12.0 Å². The van der Waals surface area contributed by atoms with Gasteiger partial charge in [0.05, 0.1) is 0 Å². The van der Waals surface area contributed by atoms with Gasteiger partial charge >= 0.3 is 0 Å². The van der Waals surface area contributed by atoms with Crippen LogP contribution in [0.25, 0.3) is 0 Å². The van der Waals surface area contributed by atoms with Gasteiger partial charge in [0.15, 0.2) is 0 Å². The molecule has 0 unspecified atom stereocenters. The minimum absolute atomic E-state index is 0. The van der Waals surface area contributed by atoms with Crippen LogP contribution in [0.15, 0.2) is 0 Å². The fraction of sp³-hybridized carbons (Fsp3) is 1.00. The van der Waals surface area contributed by atoms with Crippen LogP contribution < -0.4 is 5.32 Å². The minimum atomic E-state index is 0. The second kappa shape index (κ2) is 7.88. The average molecular weight is 194 g/mol. The third-order valence-electron chi connectivity index (χ3n) is 1.76. The SMILES string of the molecule is CCCCNCCC(C)(C)C.Cl. The van der Waals surface area contributed by atoms with Crippen LogP contribution in [-0.4, -0.2) is 13.1 Å². The molecule has 76 valence electrons. The molecule has 0 aliphatic carbocycles. The van der Waals surface area contributed by atoms with Crippen molar-refractivity contribution in [2.75, 3.05) is 13.1 Å².